The summed E-state index contributed by atoms with van der Waals surface area (Å²) in [5.41, 5.74) is 0.302. The van der Waals surface area contributed by atoms with Crippen LogP contribution in [0.25, 0.3) is 0 Å². The number of fused-ring (bicyclic) bond motifs is 2. The van der Waals surface area contributed by atoms with Gasteiger partial charge in [-0.25, -0.2) is 13.2 Å². The Hall–Kier alpha value is -1.45. The van der Waals surface area contributed by atoms with Gasteiger partial charge in [0.1, 0.15) is 0 Å². The number of rotatable bonds is 3. The average Bonchev–Trinajstić information content (AvgIpc) is 2.98. The third kappa shape index (κ3) is 2.24. The van der Waals surface area contributed by atoms with E-state index in [1.807, 2.05) is 6.92 Å². The van der Waals surface area contributed by atoms with E-state index in [4.69, 9.17) is 0 Å². The number of nitrogens with one attached hydrogen (secondary N) is 1. The average molecular weight is 267 g/mol. The molecule has 2 aliphatic carbocycles. The van der Waals surface area contributed by atoms with Gasteiger partial charge in [-0.3, -0.25) is 0 Å². The lowest BCUT2D eigenvalue weighted by Crippen LogP contribution is -2.28. The van der Waals surface area contributed by atoms with Crippen molar-refractivity contribution in [2.24, 2.45) is 17.8 Å². The molecule has 1 aromatic carbocycles. The van der Waals surface area contributed by atoms with Crippen LogP contribution in [0.2, 0.25) is 0 Å². The van der Waals surface area contributed by atoms with Gasteiger partial charge >= 0.3 is 0 Å². The highest BCUT2D eigenvalue weighted by Crippen LogP contribution is 2.45. The van der Waals surface area contributed by atoms with Gasteiger partial charge in [0.05, 0.1) is 0 Å². The lowest BCUT2D eigenvalue weighted by atomic mass is 9.87. The third-order valence-electron chi connectivity index (χ3n) is 4.35. The predicted molar refractivity (Wildman–Crippen MR) is 68.2 cm³/mol. The zero-order valence-corrected chi connectivity index (χ0v) is 10.7. The van der Waals surface area contributed by atoms with Gasteiger partial charge in [0, 0.05) is 23.9 Å². The van der Waals surface area contributed by atoms with Crippen molar-refractivity contribution in [3.63, 3.8) is 0 Å². The maximum Gasteiger partial charge on any atom is 0.194 e. The molecule has 0 heterocycles. The monoisotopic (exact) mass is 267 g/mol. The van der Waals surface area contributed by atoms with Crippen molar-refractivity contribution in [1.29, 1.82) is 0 Å². The number of halogens is 3. The molecule has 1 nitrogen and oxygen atoms in total. The maximum atomic E-state index is 13.2. The van der Waals surface area contributed by atoms with Gasteiger partial charge in [-0.15, -0.1) is 0 Å². The van der Waals surface area contributed by atoms with Crippen LogP contribution in [-0.4, -0.2) is 6.04 Å². The summed E-state index contributed by atoms with van der Waals surface area (Å²) in [5, 5.41) is 3.10. The second-order valence-corrected chi connectivity index (χ2v) is 5.63. The minimum atomic E-state index is -1.42. The fourth-order valence-electron chi connectivity index (χ4n) is 3.41. The summed E-state index contributed by atoms with van der Waals surface area (Å²) >= 11 is 0. The van der Waals surface area contributed by atoms with Crippen molar-refractivity contribution in [3.8, 4) is 0 Å². The van der Waals surface area contributed by atoms with E-state index in [1.54, 1.807) is 0 Å². The van der Waals surface area contributed by atoms with Crippen molar-refractivity contribution < 1.29 is 13.2 Å². The zero-order valence-electron chi connectivity index (χ0n) is 10.7. The molecule has 2 bridgehead atoms. The molecular weight excluding hydrogens is 251 g/mol. The molecule has 0 aliphatic heterocycles. The van der Waals surface area contributed by atoms with Crippen LogP contribution in [0.4, 0.5) is 18.9 Å². The van der Waals surface area contributed by atoms with E-state index in [0.29, 0.717) is 23.4 Å². The molecule has 0 aromatic heterocycles. The normalized spacial score (nSPS) is 29.8. The van der Waals surface area contributed by atoms with Gasteiger partial charge < -0.3 is 5.32 Å². The molecule has 0 saturated heterocycles. The molecule has 3 rings (SSSR count). The molecule has 4 heteroatoms. The zero-order chi connectivity index (χ0) is 13.6. The van der Waals surface area contributed by atoms with Crippen LogP contribution >= 0.6 is 0 Å². The smallest absolute Gasteiger partial charge is 0.194 e. The van der Waals surface area contributed by atoms with Crippen molar-refractivity contribution in [1.82, 2.24) is 0 Å². The first-order valence-corrected chi connectivity index (χ1v) is 6.64. The van der Waals surface area contributed by atoms with Crippen LogP contribution in [0, 0.1) is 35.2 Å². The summed E-state index contributed by atoms with van der Waals surface area (Å²) < 4.78 is 39.2. The Balaban J connectivity index is 1.73. The van der Waals surface area contributed by atoms with Crippen LogP contribution in [0.15, 0.2) is 24.3 Å². The quantitative estimate of drug-likeness (QED) is 0.641. The van der Waals surface area contributed by atoms with Crippen molar-refractivity contribution in [2.45, 2.75) is 25.8 Å². The number of hydrogen-bond acceptors (Lipinski definition) is 1. The summed E-state index contributed by atoms with van der Waals surface area (Å²) in [6, 6.07) is 2.14. The standard InChI is InChI=1S/C15H16F3N/c1-8(12-5-9-2-3-10(12)4-9)19-11-6-13(16)15(18)14(17)7-11/h2-3,6-10,12,19H,4-5H2,1H3. The molecule has 4 atom stereocenters. The van der Waals surface area contributed by atoms with Crippen LogP contribution in [-0.2, 0) is 0 Å². The Morgan fingerprint density at radius 2 is 1.79 bits per heavy atom. The Kier molecular flexibility index (Phi) is 3.03. The lowest BCUT2D eigenvalue weighted by molar-refractivity contribution is 0.399. The number of anilines is 1. The molecule has 1 fully saturated rings. The highest BCUT2D eigenvalue weighted by molar-refractivity contribution is 5.45. The Labute approximate surface area is 110 Å². The minimum absolute atomic E-state index is 0.115. The van der Waals surface area contributed by atoms with Gasteiger partial charge in [0.15, 0.2) is 17.5 Å². The van der Waals surface area contributed by atoms with Crippen LogP contribution < -0.4 is 5.32 Å². The van der Waals surface area contributed by atoms with E-state index in [0.717, 1.165) is 18.6 Å². The van der Waals surface area contributed by atoms with E-state index >= 15 is 0 Å². The van der Waals surface area contributed by atoms with Gasteiger partial charge in [-0.2, -0.15) is 0 Å². The molecule has 2 aliphatic rings. The second kappa shape index (κ2) is 4.58. The maximum absolute atomic E-state index is 13.2. The minimum Gasteiger partial charge on any atom is -0.382 e. The van der Waals surface area contributed by atoms with E-state index < -0.39 is 17.5 Å². The number of allylic oxidation sites excluding steroid dienone is 2. The number of hydrogen-bond donors (Lipinski definition) is 1. The Bertz CT molecular complexity index is 503. The van der Waals surface area contributed by atoms with Crippen molar-refractivity contribution in [2.75, 3.05) is 5.32 Å². The van der Waals surface area contributed by atoms with Crippen LogP contribution in [0.5, 0.6) is 0 Å². The fraction of sp³-hybridized carbons (Fsp3) is 0.467. The van der Waals surface area contributed by atoms with Gasteiger partial charge in [-0.05, 0) is 37.5 Å². The Morgan fingerprint density at radius 1 is 1.11 bits per heavy atom. The molecule has 4 unspecified atom stereocenters. The van der Waals surface area contributed by atoms with E-state index in [2.05, 4.69) is 17.5 Å². The molecule has 0 spiro atoms. The molecule has 19 heavy (non-hydrogen) atoms. The third-order valence-corrected chi connectivity index (χ3v) is 4.35. The summed E-state index contributed by atoms with van der Waals surface area (Å²) in [6.07, 6.45) is 6.79. The SMILES string of the molecule is CC(Nc1cc(F)c(F)c(F)c1)C1CC2C=CC1C2. The van der Waals surface area contributed by atoms with Crippen molar-refractivity contribution in [3.05, 3.63) is 41.7 Å². The molecule has 102 valence electrons. The largest absolute Gasteiger partial charge is 0.382 e. The molecule has 1 saturated carbocycles. The molecule has 1 N–H and O–H groups in total. The summed E-state index contributed by atoms with van der Waals surface area (Å²) in [7, 11) is 0. The van der Waals surface area contributed by atoms with Gasteiger partial charge in [0.2, 0.25) is 0 Å². The topological polar surface area (TPSA) is 12.0 Å². The van der Waals surface area contributed by atoms with E-state index in [-0.39, 0.29) is 6.04 Å². The van der Waals surface area contributed by atoms with Crippen LogP contribution in [0.1, 0.15) is 19.8 Å². The first-order chi connectivity index (χ1) is 9.04. The van der Waals surface area contributed by atoms with Gasteiger partial charge in [0.25, 0.3) is 0 Å². The second-order valence-electron chi connectivity index (χ2n) is 5.63. The summed E-state index contributed by atoms with van der Waals surface area (Å²) in [4.78, 5) is 0. The lowest BCUT2D eigenvalue weighted by Gasteiger charge is -2.27. The van der Waals surface area contributed by atoms with E-state index in [1.165, 1.54) is 6.42 Å². The highest BCUT2D eigenvalue weighted by Gasteiger charge is 2.38. The number of benzene rings is 1. The molecule has 0 amide bonds. The van der Waals surface area contributed by atoms with E-state index in [9.17, 15) is 13.2 Å². The fourth-order valence-corrected chi connectivity index (χ4v) is 3.41. The Morgan fingerprint density at radius 3 is 2.32 bits per heavy atom. The van der Waals surface area contributed by atoms with Crippen molar-refractivity contribution >= 4 is 5.69 Å². The molecule has 0 radical (unpaired) electrons. The molecule has 1 aromatic rings. The first kappa shape index (κ1) is 12.6. The summed E-state index contributed by atoms with van der Waals surface area (Å²) in [5.74, 6) is -2.03. The predicted octanol–water partition coefficient (Wildman–Crippen LogP) is 4.12. The van der Waals surface area contributed by atoms with Gasteiger partial charge in [-0.1, -0.05) is 12.2 Å². The first-order valence-electron chi connectivity index (χ1n) is 6.64. The molecular formula is C15H16F3N. The highest BCUT2D eigenvalue weighted by atomic mass is 19.2. The van der Waals surface area contributed by atoms with Crippen LogP contribution in [0.3, 0.4) is 0 Å². The summed E-state index contributed by atoms with van der Waals surface area (Å²) in [6.45, 7) is 2.01.